The predicted octanol–water partition coefficient (Wildman–Crippen LogP) is 2.65. The molecule has 3 aliphatic rings. The largest absolute Gasteiger partial charge is 0.308 e. The van der Waals surface area contributed by atoms with Crippen molar-refractivity contribution in [3.8, 4) is 0 Å². The Hall–Kier alpha value is -2.34. The van der Waals surface area contributed by atoms with Crippen molar-refractivity contribution in [2.75, 3.05) is 0 Å². The van der Waals surface area contributed by atoms with Crippen LogP contribution in [0.25, 0.3) is 0 Å². The van der Waals surface area contributed by atoms with E-state index in [9.17, 15) is 14.4 Å². The molecule has 3 atom stereocenters. The van der Waals surface area contributed by atoms with E-state index < -0.39 is 10.9 Å². The molecule has 4 rings (SSSR count). The van der Waals surface area contributed by atoms with Crippen molar-refractivity contribution in [3.63, 3.8) is 0 Å². The van der Waals surface area contributed by atoms with Gasteiger partial charge in [0.05, 0.1) is 11.3 Å². The summed E-state index contributed by atoms with van der Waals surface area (Å²) in [6.45, 7) is 3.58. The van der Waals surface area contributed by atoms with E-state index in [4.69, 9.17) is 0 Å². The third-order valence-corrected chi connectivity index (χ3v) is 6.50. The van der Waals surface area contributed by atoms with Crippen molar-refractivity contribution in [1.29, 1.82) is 0 Å². The molecule has 0 aliphatic carbocycles. The number of thioether (sulfide) groups is 1. The SMILES string of the molecule is CCC(=O)N1C(=O)c2ccccc2C12S[C@H](C)C(=O)N1C=CC=CC12. The first-order chi connectivity index (χ1) is 12.0. The third kappa shape index (κ3) is 2.00. The first kappa shape index (κ1) is 16.1. The van der Waals surface area contributed by atoms with Crippen LogP contribution < -0.4 is 0 Å². The summed E-state index contributed by atoms with van der Waals surface area (Å²) in [7, 11) is 0. The Morgan fingerprint density at radius 1 is 1.24 bits per heavy atom. The summed E-state index contributed by atoms with van der Waals surface area (Å²) in [5.74, 6) is -0.514. The Morgan fingerprint density at radius 3 is 2.76 bits per heavy atom. The molecule has 1 spiro atoms. The van der Waals surface area contributed by atoms with E-state index in [-0.39, 0.29) is 29.4 Å². The monoisotopic (exact) mass is 354 g/mol. The molecule has 25 heavy (non-hydrogen) atoms. The zero-order valence-corrected chi connectivity index (χ0v) is 14.8. The van der Waals surface area contributed by atoms with Gasteiger partial charge in [-0.25, -0.2) is 0 Å². The first-order valence-electron chi connectivity index (χ1n) is 8.34. The van der Waals surface area contributed by atoms with E-state index in [1.165, 1.54) is 16.7 Å². The van der Waals surface area contributed by atoms with Crippen LogP contribution in [0.5, 0.6) is 0 Å². The van der Waals surface area contributed by atoms with E-state index in [1.54, 1.807) is 36.2 Å². The number of nitrogens with zero attached hydrogens (tertiary/aromatic N) is 2. The molecule has 1 fully saturated rings. The molecule has 0 aromatic heterocycles. The van der Waals surface area contributed by atoms with Crippen molar-refractivity contribution in [1.82, 2.24) is 9.80 Å². The van der Waals surface area contributed by atoms with Gasteiger partial charge in [0.2, 0.25) is 11.8 Å². The summed E-state index contributed by atoms with van der Waals surface area (Å²) >= 11 is 1.40. The van der Waals surface area contributed by atoms with Gasteiger partial charge in [-0.15, -0.1) is 11.8 Å². The molecule has 6 heteroatoms. The Morgan fingerprint density at radius 2 is 2.00 bits per heavy atom. The Kier molecular flexibility index (Phi) is 3.61. The average molecular weight is 354 g/mol. The number of benzene rings is 1. The van der Waals surface area contributed by atoms with E-state index >= 15 is 0 Å². The third-order valence-electron chi connectivity index (χ3n) is 4.94. The van der Waals surface area contributed by atoms with Crippen LogP contribution in [0.4, 0.5) is 0 Å². The fourth-order valence-corrected chi connectivity index (χ4v) is 5.55. The number of carbonyl (C=O) groups excluding carboxylic acids is 3. The molecule has 128 valence electrons. The van der Waals surface area contributed by atoms with Gasteiger partial charge in [0, 0.05) is 23.7 Å². The molecule has 2 unspecified atom stereocenters. The second-order valence-corrected chi connectivity index (χ2v) is 7.87. The fourth-order valence-electron chi connectivity index (χ4n) is 3.86. The number of rotatable bonds is 1. The summed E-state index contributed by atoms with van der Waals surface area (Å²) in [6, 6.07) is 6.93. The van der Waals surface area contributed by atoms with Gasteiger partial charge < -0.3 is 4.90 Å². The smallest absolute Gasteiger partial charge is 0.262 e. The molecule has 5 nitrogen and oxygen atoms in total. The van der Waals surface area contributed by atoms with Gasteiger partial charge >= 0.3 is 0 Å². The number of hydrogen-bond acceptors (Lipinski definition) is 4. The van der Waals surface area contributed by atoms with Crippen molar-refractivity contribution in [3.05, 3.63) is 59.8 Å². The summed E-state index contributed by atoms with van der Waals surface area (Å²) in [5, 5.41) is -0.362. The minimum Gasteiger partial charge on any atom is -0.308 e. The number of amides is 3. The molecular weight excluding hydrogens is 336 g/mol. The normalized spacial score (nSPS) is 30.0. The van der Waals surface area contributed by atoms with E-state index in [0.29, 0.717) is 5.56 Å². The lowest BCUT2D eigenvalue weighted by Gasteiger charge is -2.51. The molecule has 3 heterocycles. The number of fused-ring (bicyclic) bond motifs is 4. The van der Waals surface area contributed by atoms with Crippen molar-refractivity contribution in [2.45, 2.75) is 36.4 Å². The topological polar surface area (TPSA) is 57.7 Å². The number of hydrogen-bond donors (Lipinski definition) is 0. The highest BCUT2D eigenvalue weighted by Crippen LogP contribution is 2.56. The van der Waals surface area contributed by atoms with Crippen LogP contribution >= 0.6 is 11.8 Å². The predicted molar refractivity (Wildman–Crippen MR) is 95.6 cm³/mol. The van der Waals surface area contributed by atoms with Crippen molar-refractivity contribution >= 4 is 29.5 Å². The van der Waals surface area contributed by atoms with E-state index in [2.05, 4.69) is 0 Å². The van der Waals surface area contributed by atoms with Gasteiger partial charge in [-0.3, -0.25) is 19.3 Å². The molecule has 0 N–H and O–H groups in total. The zero-order valence-electron chi connectivity index (χ0n) is 14.0. The molecule has 1 saturated heterocycles. The molecule has 1 aromatic carbocycles. The summed E-state index contributed by atoms with van der Waals surface area (Å²) in [6.07, 6.45) is 7.55. The molecule has 0 radical (unpaired) electrons. The number of allylic oxidation sites excluding steroid dienone is 2. The number of imide groups is 1. The molecular formula is C19H18N2O3S. The maximum absolute atomic E-state index is 13.1. The molecule has 3 aliphatic heterocycles. The lowest BCUT2D eigenvalue weighted by Crippen LogP contribution is -2.63. The van der Waals surface area contributed by atoms with E-state index in [0.717, 1.165) is 5.56 Å². The van der Waals surface area contributed by atoms with Crippen LogP contribution in [0.2, 0.25) is 0 Å². The highest BCUT2D eigenvalue weighted by Gasteiger charge is 2.62. The van der Waals surface area contributed by atoms with Gasteiger partial charge in [-0.2, -0.15) is 0 Å². The molecule has 3 amide bonds. The fraction of sp³-hybridized carbons (Fsp3) is 0.316. The maximum Gasteiger partial charge on any atom is 0.262 e. The van der Waals surface area contributed by atoms with Crippen molar-refractivity contribution < 1.29 is 14.4 Å². The standard InChI is InChI=1S/C19H18N2O3S/c1-3-16(22)21-18(24)13-8-4-5-9-14(13)19(21)15-10-6-7-11-20(15)17(23)12(2)25-19/h4-12,15H,3H2,1-2H3/t12-,15?,19?/m1/s1. The average Bonchev–Trinajstić information content (AvgIpc) is 2.89. The summed E-state index contributed by atoms with van der Waals surface area (Å²) in [4.78, 5) is 40.6. The van der Waals surface area contributed by atoms with Crippen LogP contribution in [0.15, 0.2) is 48.7 Å². The van der Waals surface area contributed by atoms with Crippen LogP contribution in [0, 0.1) is 0 Å². The Balaban J connectivity index is 1.99. The van der Waals surface area contributed by atoms with Crippen molar-refractivity contribution in [2.24, 2.45) is 0 Å². The molecule has 1 aromatic rings. The van der Waals surface area contributed by atoms with Crippen LogP contribution in [-0.4, -0.2) is 38.8 Å². The number of carbonyl (C=O) groups is 3. The highest BCUT2D eigenvalue weighted by atomic mass is 32.2. The Bertz CT molecular complexity index is 847. The zero-order chi connectivity index (χ0) is 17.8. The Labute approximate surface area is 150 Å². The van der Waals surface area contributed by atoms with Gasteiger partial charge in [0.15, 0.2) is 0 Å². The molecule has 0 saturated carbocycles. The summed E-state index contributed by atoms with van der Waals surface area (Å²) in [5.41, 5.74) is 1.35. The van der Waals surface area contributed by atoms with E-state index in [1.807, 2.05) is 31.2 Å². The van der Waals surface area contributed by atoms with Crippen LogP contribution in [-0.2, 0) is 14.5 Å². The lowest BCUT2D eigenvalue weighted by atomic mass is 9.94. The quantitative estimate of drug-likeness (QED) is 0.778. The van der Waals surface area contributed by atoms with Gasteiger partial charge in [0.1, 0.15) is 4.87 Å². The maximum atomic E-state index is 13.1. The highest BCUT2D eigenvalue weighted by molar-refractivity contribution is 8.01. The molecule has 0 bridgehead atoms. The van der Waals surface area contributed by atoms with Gasteiger partial charge in [-0.05, 0) is 19.1 Å². The van der Waals surface area contributed by atoms with Crippen LogP contribution in [0.1, 0.15) is 36.2 Å². The minimum atomic E-state index is -0.921. The first-order valence-corrected chi connectivity index (χ1v) is 9.22. The van der Waals surface area contributed by atoms with Gasteiger partial charge in [-0.1, -0.05) is 37.3 Å². The van der Waals surface area contributed by atoms with Crippen LogP contribution in [0.3, 0.4) is 0 Å². The minimum absolute atomic E-state index is 0.0121. The second kappa shape index (κ2) is 5.59. The second-order valence-electron chi connectivity index (χ2n) is 6.31. The van der Waals surface area contributed by atoms with Gasteiger partial charge in [0.25, 0.3) is 5.91 Å². The summed E-state index contributed by atoms with van der Waals surface area (Å²) < 4.78 is 0. The lowest BCUT2D eigenvalue weighted by molar-refractivity contribution is -0.137.